The fraction of sp³-hybridized carbons (Fsp3) is 0.154. The molecule has 9 rings (SSSR count). The lowest BCUT2D eigenvalue weighted by Crippen LogP contribution is -2.41. The van der Waals surface area contributed by atoms with E-state index >= 15 is 0 Å². The summed E-state index contributed by atoms with van der Waals surface area (Å²) < 4.78 is 12.9. The van der Waals surface area contributed by atoms with E-state index in [1.165, 1.54) is 44.5 Å². The van der Waals surface area contributed by atoms with Crippen molar-refractivity contribution in [1.82, 2.24) is 0 Å². The third-order valence-corrected chi connectivity index (χ3v) is 12.3. The van der Waals surface area contributed by atoms with Gasteiger partial charge in [0.05, 0.1) is 16.6 Å². The largest absolute Gasteiger partial charge is 0.494 e. The minimum absolute atomic E-state index is 0.413. The van der Waals surface area contributed by atoms with Crippen LogP contribution in [0.1, 0.15) is 55.5 Å². The maximum Gasteiger partial charge on any atom is 0.494 e. The highest BCUT2D eigenvalue weighted by Crippen LogP contribution is 2.55. The zero-order valence-corrected chi connectivity index (χ0v) is 32.6. The Morgan fingerprint density at radius 2 is 1.07 bits per heavy atom. The number of nitrogens with zero attached hydrogens (tertiary/aromatic N) is 1. The molecular weight excluding hydrogens is 681 g/mol. The smallest absolute Gasteiger partial charge is 0.399 e. The third kappa shape index (κ3) is 6.10. The predicted octanol–water partition coefficient (Wildman–Crippen LogP) is 12.3. The van der Waals surface area contributed by atoms with Crippen LogP contribution >= 0.6 is 0 Å². The highest BCUT2D eigenvalue weighted by Gasteiger charge is 2.51. The monoisotopic (exact) mass is 727 g/mol. The molecule has 1 saturated heterocycles. The molecule has 1 aliphatic carbocycles. The van der Waals surface area contributed by atoms with E-state index in [2.05, 4.69) is 215 Å². The average molecular weight is 728 g/mol. The fourth-order valence-corrected chi connectivity index (χ4v) is 8.54. The van der Waals surface area contributed by atoms with E-state index in [-0.39, 0.29) is 0 Å². The maximum absolute atomic E-state index is 6.44. The molecule has 1 heterocycles. The van der Waals surface area contributed by atoms with Crippen LogP contribution in [0.5, 0.6) is 0 Å². The highest BCUT2D eigenvalue weighted by atomic mass is 16.7. The van der Waals surface area contributed by atoms with Crippen LogP contribution < -0.4 is 10.4 Å². The molecule has 1 aliphatic heterocycles. The van der Waals surface area contributed by atoms with Crippen LogP contribution in [0.15, 0.2) is 183 Å². The lowest BCUT2D eigenvalue weighted by Gasteiger charge is -2.34. The molecular formula is C52H46BNO2. The number of hydrogen-bond acceptors (Lipinski definition) is 3. The quantitative estimate of drug-likeness (QED) is 0.138. The van der Waals surface area contributed by atoms with Crippen molar-refractivity contribution >= 4 is 35.7 Å². The minimum Gasteiger partial charge on any atom is -0.399 e. The van der Waals surface area contributed by atoms with Gasteiger partial charge in [0.2, 0.25) is 0 Å². The molecule has 7 aromatic carbocycles. The van der Waals surface area contributed by atoms with Gasteiger partial charge in [0.15, 0.2) is 0 Å². The van der Waals surface area contributed by atoms with E-state index in [0.717, 1.165) is 34.5 Å². The van der Waals surface area contributed by atoms with Gasteiger partial charge in [0.25, 0.3) is 0 Å². The first-order chi connectivity index (χ1) is 27.2. The Hall–Kier alpha value is -5.94. The first-order valence-electron chi connectivity index (χ1n) is 19.6. The van der Waals surface area contributed by atoms with Crippen molar-refractivity contribution in [3.63, 3.8) is 0 Å². The summed E-state index contributed by atoms with van der Waals surface area (Å²) in [4.78, 5) is 2.38. The molecule has 274 valence electrons. The maximum atomic E-state index is 6.44. The first kappa shape index (κ1) is 35.7. The van der Waals surface area contributed by atoms with Gasteiger partial charge in [-0.05, 0) is 126 Å². The summed E-state index contributed by atoms with van der Waals surface area (Å²) in [6.45, 7) is 12.4. The Kier molecular flexibility index (Phi) is 8.92. The summed E-state index contributed by atoms with van der Waals surface area (Å²) in [5.74, 6) is 0. The van der Waals surface area contributed by atoms with Crippen LogP contribution in [0, 0.1) is 0 Å². The second-order valence-corrected chi connectivity index (χ2v) is 16.1. The van der Waals surface area contributed by atoms with Crippen molar-refractivity contribution in [1.29, 1.82) is 0 Å². The molecule has 0 amide bonds. The molecule has 0 spiro atoms. The summed E-state index contributed by atoms with van der Waals surface area (Å²) in [5, 5.41) is 0. The number of fused-ring (bicyclic) bond motifs is 3. The van der Waals surface area contributed by atoms with Gasteiger partial charge < -0.3 is 14.2 Å². The molecule has 4 heteroatoms. The van der Waals surface area contributed by atoms with E-state index < -0.39 is 23.7 Å². The third-order valence-electron chi connectivity index (χ3n) is 12.3. The molecule has 56 heavy (non-hydrogen) atoms. The Bertz CT molecular complexity index is 2490. The van der Waals surface area contributed by atoms with Gasteiger partial charge >= 0.3 is 7.12 Å². The second kappa shape index (κ2) is 14.0. The molecule has 1 unspecified atom stereocenters. The average Bonchev–Trinajstić information content (AvgIpc) is 3.64. The Labute approximate surface area is 332 Å². The molecule has 0 saturated carbocycles. The van der Waals surface area contributed by atoms with E-state index in [4.69, 9.17) is 9.31 Å². The summed E-state index contributed by atoms with van der Waals surface area (Å²) >= 11 is 0. The Morgan fingerprint density at radius 3 is 1.71 bits per heavy atom. The SMILES string of the molecule is C=Cc1ccc(CC2(c3ccccc3)c3ccccc3-c3ccc(N(c4ccc(B5OC(C)(C)C(C)(C)O5)cc4)c4ccc(-c5ccccc5)cc4)cc32)cc1. The van der Waals surface area contributed by atoms with E-state index in [0.29, 0.717) is 0 Å². The molecule has 1 fully saturated rings. The molecule has 1 atom stereocenters. The van der Waals surface area contributed by atoms with Gasteiger partial charge in [-0.3, -0.25) is 0 Å². The van der Waals surface area contributed by atoms with E-state index in [9.17, 15) is 0 Å². The topological polar surface area (TPSA) is 21.7 Å². The second-order valence-electron chi connectivity index (χ2n) is 16.1. The summed E-state index contributed by atoms with van der Waals surface area (Å²) in [5.41, 5.74) is 14.2. The summed E-state index contributed by atoms with van der Waals surface area (Å²) in [7, 11) is -0.432. The van der Waals surface area contributed by atoms with Crippen LogP contribution in [0.25, 0.3) is 28.3 Å². The lowest BCUT2D eigenvalue weighted by atomic mass is 9.68. The van der Waals surface area contributed by atoms with Crippen LogP contribution in [0.2, 0.25) is 0 Å². The van der Waals surface area contributed by atoms with Crippen LogP contribution in [-0.4, -0.2) is 18.3 Å². The number of anilines is 3. The van der Waals surface area contributed by atoms with Crippen molar-refractivity contribution in [3.8, 4) is 22.3 Å². The van der Waals surface area contributed by atoms with Crippen molar-refractivity contribution in [2.24, 2.45) is 0 Å². The Balaban J connectivity index is 1.20. The molecule has 0 N–H and O–H groups in total. The van der Waals surface area contributed by atoms with Gasteiger partial charge in [-0.15, -0.1) is 0 Å². The fourth-order valence-electron chi connectivity index (χ4n) is 8.54. The zero-order valence-electron chi connectivity index (χ0n) is 32.6. The summed E-state index contributed by atoms with van der Waals surface area (Å²) in [6.07, 6.45) is 2.72. The van der Waals surface area contributed by atoms with Gasteiger partial charge in [-0.2, -0.15) is 0 Å². The van der Waals surface area contributed by atoms with Crippen molar-refractivity contribution < 1.29 is 9.31 Å². The van der Waals surface area contributed by atoms with E-state index in [1.54, 1.807) is 0 Å². The Morgan fingerprint density at radius 1 is 0.536 bits per heavy atom. The minimum atomic E-state index is -0.432. The first-order valence-corrected chi connectivity index (χ1v) is 19.6. The van der Waals surface area contributed by atoms with Crippen molar-refractivity contribution in [3.05, 3.63) is 210 Å². The zero-order chi connectivity index (χ0) is 38.5. The molecule has 0 radical (unpaired) electrons. The molecule has 7 aromatic rings. The van der Waals surface area contributed by atoms with Gasteiger partial charge in [0, 0.05) is 17.1 Å². The van der Waals surface area contributed by atoms with Crippen LogP contribution in [0.3, 0.4) is 0 Å². The number of benzene rings is 7. The van der Waals surface area contributed by atoms with Gasteiger partial charge in [0.1, 0.15) is 0 Å². The van der Waals surface area contributed by atoms with Gasteiger partial charge in [-0.1, -0.05) is 152 Å². The summed E-state index contributed by atoms with van der Waals surface area (Å²) in [6, 6.07) is 64.1. The van der Waals surface area contributed by atoms with Crippen molar-refractivity contribution in [2.45, 2.75) is 50.7 Å². The van der Waals surface area contributed by atoms with Crippen LogP contribution in [-0.2, 0) is 21.1 Å². The normalized spacial score (nSPS) is 17.6. The molecule has 2 aliphatic rings. The number of rotatable bonds is 9. The highest BCUT2D eigenvalue weighted by molar-refractivity contribution is 6.62. The van der Waals surface area contributed by atoms with Gasteiger partial charge in [-0.25, -0.2) is 0 Å². The molecule has 3 nitrogen and oxygen atoms in total. The standard InChI is InChI=1S/C52H46BNO2/c1-6-37-21-23-38(24-22-37)36-52(41-17-11-8-12-18-41)48-20-14-13-19-46(48)47-34-33-45(35-49(47)52)54(43-29-25-40(26-30-43)39-15-9-7-10-16-39)44-31-27-42(28-32-44)53-55-50(2,3)51(4,5)56-53/h6-35H,1,36H2,2-5H3. The van der Waals surface area contributed by atoms with Crippen LogP contribution in [0.4, 0.5) is 17.1 Å². The van der Waals surface area contributed by atoms with Crippen molar-refractivity contribution in [2.75, 3.05) is 4.90 Å². The predicted molar refractivity (Wildman–Crippen MR) is 234 cm³/mol. The van der Waals surface area contributed by atoms with E-state index in [1.807, 2.05) is 6.08 Å². The molecule has 0 bridgehead atoms. The number of hydrogen-bond donors (Lipinski definition) is 0. The lowest BCUT2D eigenvalue weighted by molar-refractivity contribution is 0.00578. The molecule has 0 aromatic heterocycles.